The molecule has 112 valence electrons. The Bertz CT molecular complexity index is 619. The van der Waals surface area contributed by atoms with Gasteiger partial charge in [0.1, 0.15) is 0 Å². The zero-order chi connectivity index (χ0) is 14.2. The molecule has 0 bridgehead atoms. The van der Waals surface area contributed by atoms with E-state index in [4.69, 9.17) is 4.52 Å². The minimum atomic E-state index is 0.342. The number of thiazole rings is 1. The van der Waals surface area contributed by atoms with E-state index in [1.165, 1.54) is 29.8 Å². The zero-order valence-electron chi connectivity index (χ0n) is 12.3. The zero-order valence-corrected chi connectivity index (χ0v) is 13.1. The molecule has 5 nitrogen and oxygen atoms in total. The molecule has 1 aliphatic heterocycles. The van der Waals surface area contributed by atoms with Gasteiger partial charge < -0.3 is 4.52 Å². The second-order valence-corrected chi connectivity index (χ2v) is 7.01. The molecule has 2 aromatic heterocycles. The molecule has 6 heteroatoms. The van der Waals surface area contributed by atoms with Crippen LogP contribution in [-0.2, 0) is 6.42 Å². The van der Waals surface area contributed by atoms with E-state index in [-0.39, 0.29) is 0 Å². The van der Waals surface area contributed by atoms with Crippen molar-refractivity contribution < 1.29 is 4.52 Å². The first-order valence-electron chi connectivity index (χ1n) is 7.78. The maximum atomic E-state index is 5.42. The summed E-state index contributed by atoms with van der Waals surface area (Å²) in [6.45, 7) is 4.28. The summed E-state index contributed by atoms with van der Waals surface area (Å²) in [4.78, 5) is 12.9. The van der Waals surface area contributed by atoms with Crippen molar-refractivity contribution in [1.29, 1.82) is 0 Å². The topological polar surface area (TPSA) is 55.1 Å². The fourth-order valence-corrected chi connectivity index (χ4v) is 3.85. The third kappa shape index (κ3) is 2.74. The van der Waals surface area contributed by atoms with Crippen LogP contribution in [0.25, 0.3) is 0 Å². The minimum absolute atomic E-state index is 0.342. The summed E-state index contributed by atoms with van der Waals surface area (Å²) in [5, 5.41) is 4.23. The SMILES string of the molecule is Cc1ncsc1CCN1CCCC1c1noc(C2CC2)n1. The van der Waals surface area contributed by atoms with Crippen molar-refractivity contribution in [2.24, 2.45) is 0 Å². The Morgan fingerprint density at radius 3 is 3.05 bits per heavy atom. The quantitative estimate of drug-likeness (QED) is 0.849. The molecular weight excluding hydrogens is 284 g/mol. The molecule has 2 aliphatic rings. The van der Waals surface area contributed by atoms with Crippen molar-refractivity contribution in [3.05, 3.63) is 27.8 Å². The predicted molar refractivity (Wildman–Crippen MR) is 80.4 cm³/mol. The van der Waals surface area contributed by atoms with Gasteiger partial charge in [-0.3, -0.25) is 4.90 Å². The molecule has 1 unspecified atom stereocenters. The number of likely N-dealkylation sites (tertiary alicyclic amines) is 1. The van der Waals surface area contributed by atoms with Gasteiger partial charge in [-0.2, -0.15) is 4.98 Å². The lowest BCUT2D eigenvalue weighted by atomic mass is 10.2. The average molecular weight is 304 g/mol. The van der Waals surface area contributed by atoms with Gasteiger partial charge in [0.05, 0.1) is 17.2 Å². The Kier molecular flexibility index (Phi) is 3.51. The molecular formula is C15H20N4OS. The smallest absolute Gasteiger partial charge is 0.229 e. The highest BCUT2D eigenvalue weighted by molar-refractivity contribution is 7.09. The molecule has 0 spiro atoms. The fraction of sp³-hybridized carbons (Fsp3) is 0.667. The number of aromatic nitrogens is 3. The van der Waals surface area contributed by atoms with Crippen molar-refractivity contribution in [3.63, 3.8) is 0 Å². The van der Waals surface area contributed by atoms with Crippen LogP contribution in [0.15, 0.2) is 10.0 Å². The normalized spacial score (nSPS) is 23.0. The van der Waals surface area contributed by atoms with Gasteiger partial charge in [-0.25, -0.2) is 4.98 Å². The number of rotatable bonds is 5. The van der Waals surface area contributed by atoms with Gasteiger partial charge in [-0.1, -0.05) is 5.16 Å². The number of hydrogen-bond donors (Lipinski definition) is 0. The Labute approximate surface area is 128 Å². The van der Waals surface area contributed by atoms with Crippen LogP contribution in [0.1, 0.15) is 59.9 Å². The van der Waals surface area contributed by atoms with Crippen molar-refractivity contribution in [2.45, 2.75) is 51.0 Å². The van der Waals surface area contributed by atoms with Crippen LogP contribution >= 0.6 is 11.3 Å². The molecule has 1 saturated heterocycles. The average Bonchev–Trinajstić information content (AvgIpc) is 2.91. The van der Waals surface area contributed by atoms with Gasteiger partial charge in [0.25, 0.3) is 0 Å². The molecule has 2 fully saturated rings. The minimum Gasteiger partial charge on any atom is -0.339 e. The van der Waals surface area contributed by atoms with E-state index >= 15 is 0 Å². The Morgan fingerprint density at radius 1 is 1.38 bits per heavy atom. The van der Waals surface area contributed by atoms with Gasteiger partial charge >= 0.3 is 0 Å². The number of aryl methyl sites for hydroxylation is 1. The van der Waals surface area contributed by atoms with Crippen molar-refractivity contribution in [1.82, 2.24) is 20.0 Å². The number of nitrogens with zero attached hydrogens (tertiary/aromatic N) is 4. The fourth-order valence-electron chi connectivity index (χ4n) is 3.08. The number of hydrogen-bond acceptors (Lipinski definition) is 6. The molecule has 2 aromatic rings. The van der Waals surface area contributed by atoms with E-state index < -0.39 is 0 Å². The summed E-state index contributed by atoms with van der Waals surface area (Å²) in [5.41, 5.74) is 3.11. The van der Waals surface area contributed by atoms with Crippen LogP contribution in [0, 0.1) is 6.92 Å². The Hall–Kier alpha value is -1.27. The second-order valence-electron chi connectivity index (χ2n) is 6.07. The Morgan fingerprint density at radius 2 is 2.29 bits per heavy atom. The van der Waals surface area contributed by atoms with E-state index in [1.807, 2.05) is 5.51 Å². The third-order valence-electron chi connectivity index (χ3n) is 4.52. The molecule has 0 N–H and O–H groups in total. The van der Waals surface area contributed by atoms with Crippen molar-refractivity contribution >= 4 is 11.3 Å². The second kappa shape index (κ2) is 5.50. The highest BCUT2D eigenvalue weighted by Crippen LogP contribution is 2.40. The van der Waals surface area contributed by atoms with E-state index in [9.17, 15) is 0 Å². The van der Waals surface area contributed by atoms with Crippen LogP contribution in [0.3, 0.4) is 0 Å². The van der Waals surface area contributed by atoms with Crippen LogP contribution in [0.2, 0.25) is 0 Å². The molecule has 0 amide bonds. The lowest BCUT2D eigenvalue weighted by molar-refractivity contribution is 0.245. The maximum absolute atomic E-state index is 5.42. The van der Waals surface area contributed by atoms with Gasteiger partial charge in [0.15, 0.2) is 5.82 Å². The van der Waals surface area contributed by atoms with E-state index in [2.05, 4.69) is 26.9 Å². The van der Waals surface area contributed by atoms with Gasteiger partial charge in [-0.15, -0.1) is 11.3 Å². The molecule has 21 heavy (non-hydrogen) atoms. The lowest BCUT2D eigenvalue weighted by Gasteiger charge is -2.21. The van der Waals surface area contributed by atoms with Gasteiger partial charge in [-0.05, 0) is 45.6 Å². The molecule has 0 aromatic carbocycles. The third-order valence-corrected chi connectivity index (χ3v) is 5.51. The first-order chi connectivity index (χ1) is 10.3. The first kappa shape index (κ1) is 13.4. The predicted octanol–water partition coefficient (Wildman–Crippen LogP) is 3.09. The van der Waals surface area contributed by atoms with E-state index in [1.54, 1.807) is 11.3 Å². The summed E-state index contributed by atoms with van der Waals surface area (Å²) >= 11 is 1.76. The summed E-state index contributed by atoms with van der Waals surface area (Å²) in [6, 6.07) is 0.342. The standard InChI is InChI=1S/C15H20N4OS/c1-10-13(21-9-16-10)6-8-19-7-2-3-12(19)14-17-15(20-18-14)11-4-5-11/h9,11-12H,2-8H2,1H3. The van der Waals surface area contributed by atoms with Gasteiger partial charge in [0.2, 0.25) is 5.89 Å². The molecule has 1 saturated carbocycles. The monoisotopic (exact) mass is 304 g/mol. The van der Waals surface area contributed by atoms with Crippen molar-refractivity contribution in [3.8, 4) is 0 Å². The summed E-state index contributed by atoms with van der Waals surface area (Å²) in [6.07, 6.45) is 5.85. The summed E-state index contributed by atoms with van der Waals surface area (Å²) in [5.74, 6) is 2.30. The highest BCUT2D eigenvalue weighted by atomic mass is 32.1. The molecule has 1 aliphatic carbocycles. The van der Waals surface area contributed by atoms with E-state index in [0.29, 0.717) is 12.0 Å². The molecule has 0 radical (unpaired) electrons. The van der Waals surface area contributed by atoms with Crippen molar-refractivity contribution in [2.75, 3.05) is 13.1 Å². The lowest BCUT2D eigenvalue weighted by Crippen LogP contribution is -2.26. The summed E-state index contributed by atoms with van der Waals surface area (Å²) < 4.78 is 5.42. The van der Waals surface area contributed by atoms with E-state index in [0.717, 1.165) is 37.6 Å². The van der Waals surface area contributed by atoms with Crippen LogP contribution in [-0.4, -0.2) is 33.1 Å². The largest absolute Gasteiger partial charge is 0.339 e. The first-order valence-corrected chi connectivity index (χ1v) is 8.66. The van der Waals surface area contributed by atoms with Crippen LogP contribution in [0.4, 0.5) is 0 Å². The van der Waals surface area contributed by atoms with Crippen LogP contribution < -0.4 is 0 Å². The molecule has 3 heterocycles. The molecule has 1 atom stereocenters. The summed E-state index contributed by atoms with van der Waals surface area (Å²) in [7, 11) is 0. The van der Waals surface area contributed by atoms with Crippen LogP contribution in [0.5, 0.6) is 0 Å². The highest BCUT2D eigenvalue weighted by Gasteiger charge is 2.34. The maximum Gasteiger partial charge on any atom is 0.229 e. The molecule has 4 rings (SSSR count). The Balaban J connectivity index is 1.43. The van der Waals surface area contributed by atoms with Gasteiger partial charge in [0, 0.05) is 17.3 Å².